The van der Waals surface area contributed by atoms with E-state index in [9.17, 15) is 14.4 Å². The second kappa shape index (κ2) is 19.2. The van der Waals surface area contributed by atoms with Crippen LogP contribution in [0.15, 0.2) is 45.5 Å². The van der Waals surface area contributed by atoms with Crippen molar-refractivity contribution in [3.8, 4) is 17.6 Å². The van der Waals surface area contributed by atoms with Crippen molar-refractivity contribution in [3.05, 3.63) is 73.0 Å². The van der Waals surface area contributed by atoms with Crippen LogP contribution in [-0.4, -0.2) is 93.7 Å². The van der Waals surface area contributed by atoms with Crippen LogP contribution in [0.5, 0.6) is 5.75 Å². The first-order chi connectivity index (χ1) is 22.8. The topological polar surface area (TPSA) is 275 Å². The first kappa shape index (κ1) is 36.1. The van der Waals surface area contributed by atoms with Gasteiger partial charge >= 0.3 is 5.69 Å². The number of nitrogens with zero attached hydrogens (tertiary/aromatic N) is 8. The van der Waals surface area contributed by atoms with Crippen LogP contribution >= 0.6 is 0 Å². The predicted octanol–water partition coefficient (Wildman–Crippen LogP) is 0.519. The van der Waals surface area contributed by atoms with Crippen LogP contribution in [0.25, 0.3) is 20.9 Å². The summed E-state index contributed by atoms with van der Waals surface area (Å²) in [5, 5.41) is 14.8. The molecule has 1 saturated heterocycles. The van der Waals surface area contributed by atoms with Crippen molar-refractivity contribution in [1.29, 1.82) is 0 Å². The van der Waals surface area contributed by atoms with Crippen LogP contribution < -0.4 is 32.1 Å². The summed E-state index contributed by atoms with van der Waals surface area (Å²) >= 11 is 0. The highest BCUT2D eigenvalue weighted by atomic mass is 16.6. The maximum Gasteiger partial charge on any atom is 0.351 e. The predicted molar refractivity (Wildman–Crippen MR) is 164 cm³/mol. The fourth-order valence-corrected chi connectivity index (χ4v) is 4.14. The normalized spacial score (nSPS) is 17.3. The van der Waals surface area contributed by atoms with Crippen LogP contribution in [-0.2, 0) is 23.7 Å². The third kappa shape index (κ3) is 11.5. The van der Waals surface area contributed by atoms with Gasteiger partial charge in [-0.3, -0.25) is 14.2 Å². The number of benzene rings is 1. The average molecular weight is 655 g/mol. The van der Waals surface area contributed by atoms with Gasteiger partial charge in [-0.25, -0.2) is 4.79 Å². The lowest BCUT2D eigenvalue weighted by Gasteiger charge is -2.17. The zero-order valence-electron chi connectivity index (χ0n) is 25.6. The molecule has 20 heteroatoms. The van der Waals surface area contributed by atoms with Crippen LogP contribution in [0, 0.1) is 11.8 Å². The van der Waals surface area contributed by atoms with Gasteiger partial charge in [0.25, 0.3) is 5.91 Å². The number of hydrogen-bond donors (Lipinski definition) is 4. The Bertz CT molecular complexity index is 1600. The zero-order valence-corrected chi connectivity index (χ0v) is 25.6. The van der Waals surface area contributed by atoms with E-state index in [1.165, 1.54) is 23.9 Å². The first-order valence-corrected chi connectivity index (χ1v) is 14.0. The first-order valence-electron chi connectivity index (χ1n) is 14.0. The van der Waals surface area contributed by atoms with Crippen molar-refractivity contribution < 1.29 is 33.3 Å². The third-order valence-corrected chi connectivity index (χ3v) is 6.31. The lowest BCUT2D eigenvalue weighted by molar-refractivity contribution is -0.127. The Hall–Kier alpha value is -5.38. The Morgan fingerprint density at radius 1 is 1.30 bits per heavy atom. The molecule has 1 fully saturated rings. The monoisotopic (exact) mass is 654 g/mol. The number of ether oxygens (including phenoxy) is 5. The number of aromatic nitrogens is 2. The molecule has 4 atom stereocenters. The minimum Gasteiger partial charge on any atom is -0.491 e. The van der Waals surface area contributed by atoms with Gasteiger partial charge in [-0.2, -0.15) is 4.98 Å². The molecule has 1 aromatic heterocycles. The molecule has 0 spiro atoms. The molecule has 3 rings (SSSR count). The highest BCUT2D eigenvalue weighted by molar-refractivity contribution is 5.94. The van der Waals surface area contributed by atoms with Gasteiger partial charge in [0.05, 0.1) is 31.5 Å². The summed E-state index contributed by atoms with van der Waals surface area (Å²) in [5.41, 5.74) is 23.2. The number of anilines is 1. The van der Waals surface area contributed by atoms with Crippen molar-refractivity contribution >= 4 is 17.6 Å². The number of rotatable bonds is 17. The van der Waals surface area contributed by atoms with E-state index in [0.29, 0.717) is 11.3 Å². The lowest BCUT2D eigenvalue weighted by atomic mass is 10.2. The van der Waals surface area contributed by atoms with E-state index in [1.807, 2.05) is 0 Å². The summed E-state index contributed by atoms with van der Waals surface area (Å²) in [6.45, 7) is -0.564. The molecule has 47 heavy (non-hydrogen) atoms. The number of carbonyl (C=O) groups is 2. The van der Waals surface area contributed by atoms with Gasteiger partial charge in [-0.1, -0.05) is 28.1 Å². The molecule has 0 radical (unpaired) electrons. The standard InChI is InChI=1S/C27H34N12O8/c1-31-15-33-26(41)17-5-3-7-19(9-17)44-14-23(36-38-30)45-13-22(40)32-8-4-6-18-11-39(27(42)35-25(18)28)24-10-20(46-16-34-37-29)21(47-24)12-43-2/h3,5,7,9,11,20-21,23-24,31H,8,10,12-16H2,1-2H3,(H,32,40)(H,33,41)(H2,28,35,42). The molecule has 250 valence electrons. The van der Waals surface area contributed by atoms with Crippen LogP contribution in [0.2, 0.25) is 0 Å². The number of carbonyl (C=O) groups excluding carboxylic acids is 2. The molecule has 0 bridgehead atoms. The average Bonchev–Trinajstić information content (AvgIpc) is 3.46. The van der Waals surface area contributed by atoms with Crippen molar-refractivity contribution in [2.24, 2.45) is 10.2 Å². The van der Waals surface area contributed by atoms with E-state index in [0.717, 1.165) is 0 Å². The van der Waals surface area contributed by atoms with Gasteiger partial charge in [0.1, 0.15) is 43.8 Å². The van der Waals surface area contributed by atoms with Crippen LogP contribution in [0.3, 0.4) is 0 Å². The second-order valence-electron chi connectivity index (χ2n) is 9.54. The molecular weight excluding hydrogens is 620 g/mol. The Balaban J connectivity index is 1.53. The number of nitrogens with two attached hydrogens (primary N) is 1. The molecule has 5 N–H and O–H groups in total. The summed E-state index contributed by atoms with van der Waals surface area (Å²) in [7, 11) is 3.18. The smallest absolute Gasteiger partial charge is 0.351 e. The molecule has 1 aliphatic heterocycles. The lowest BCUT2D eigenvalue weighted by Crippen LogP contribution is -2.32. The van der Waals surface area contributed by atoms with Crippen molar-refractivity contribution in [2.45, 2.75) is 31.1 Å². The molecule has 0 saturated carbocycles. The van der Waals surface area contributed by atoms with Crippen molar-refractivity contribution in [1.82, 2.24) is 25.5 Å². The molecule has 2 amide bonds. The van der Waals surface area contributed by atoms with Crippen LogP contribution in [0.1, 0.15) is 28.6 Å². The fraction of sp³-hybridized carbons (Fsp3) is 0.481. The van der Waals surface area contributed by atoms with Gasteiger partial charge in [-0.15, -0.1) is 0 Å². The molecule has 0 aliphatic carbocycles. The maximum atomic E-state index is 12.6. The molecule has 4 unspecified atom stereocenters. The molecule has 1 aliphatic rings. The van der Waals surface area contributed by atoms with E-state index in [2.05, 4.69) is 52.8 Å². The number of nitrogens with one attached hydrogen (secondary N) is 3. The van der Waals surface area contributed by atoms with Gasteiger partial charge in [-0.05, 0) is 36.3 Å². The van der Waals surface area contributed by atoms with E-state index in [4.69, 9.17) is 40.5 Å². The van der Waals surface area contributed by atoms with E-state index in [-0.39, 0.29) is 56.9 Å². The number of amides is 2. The highest BCUT2D eigenvalue weighted by Crippen LogP contribution is 2.30. The second-order valence-corrected chi connectivity index (χ2v) is 9.54. The minimum atomic E-state index is -1.14. The van der Waals surface area contributed by atoms with E-state index < -0.39 is 42.9 Å². The summed E-state index contributed by atoms with van der Waals surface area (Å²) in [6, 6.07) is 6.36. The van der Waals surface area contributed by atoms with Crippen molar-refractivity contribution in [3.63, 3.8) is 0 Å². The van der Waals surface area contributed by atoms with E-state index >= 15 is 0 Å². The summed E-state index contributed by atoms with van der Waals surface area (Å²) in [4.78, 5) is 46.2. The zero-order chi connectivity index (χ0) is 34.0. The fourth-order valence-electron chi connectivity index (χ4n) is 4.14. The molecule has 2 aromatic rings. The number of nitrogen functional groups attached to an aromatic ring is 1. The van der Waals surface area contributed by atoms with Gasteiger partial charge in [0.15, 0.2) is 6.23 Å². The largest absolute Gasteiger partial charge is 0.491 e. The minimum absolute atomic E-state index is 0.114. The Morgan fingerprint density at radius 2 is 2.13 bits per heavy atom. The molecular formula is C27H34N12O8. The maximum absolute atomic E-state index is 12.6. The third-order valence-electron chi connectivity index (χ3n) is 6.31. The van der Waals surface area contributed by atoms with Crippen LogP contribution in [0.4, 0.5) is 5.82 Å². The highest BCUT2D eigenvalue weighted by Gasteiger charge is 2.37. The number of methoxy groups -OCH3 is 1. The van der Waals surface area contributed by atoms with Gasteiger partial charge in [0, 0.05) is 35.1 Å². The quantitative estimate of drug-likeness (QED) is 0.0600. The van der Waals surface area contributed by atoms with Gasteiger partial charge in [0.2, 0.25) is 5.91 Å². The molecule has 2 heterocycles. The molecule has 1 aromatic carbocycles. The summed E-state index contributed by atoms with van der Waals surface area (Å²) in [5.74, 6) is 4.82. The summed E-state index contributed by atoms with van der Waals surface area (Å²) < 4.78 is 28.8. The van der Waals surface area contributed by atoms with E-state index in [1.54, 1.807) is 25.2 Å². The Kier molecular flexibility index (Phi) is 14.7. The number of hydrogen-bond acceptors (Lipinski definition) is 13. The summed E-state index contributed by atoms with van der Waals surface area (Å²) in [6.07, 6.45) is -1.33. The van der Waals surface area contributed by atoms with Gasteiger partial charge < -0.3 is 45.4 Å². The Morgan fingerprint density at radius 3 is 2.87 bits per heavy atom. The Labute approximate surface area is 268 Å². The SMILES string of the molecule is CNCNC(=O)c1cccc(OCC(N=[N+]=[N-])OCC(=O)NCC#Cc2cn(C3CC(OCN=[N+]=[N-])C(COC)O3)c(=O)nc2N)c1. The van der Waals surface area contributed by atoms with Crippen molar-refractivity contribution in [2.75, 3.05) is 59.7 Å². The number of azide groups is 2. The molecule has 20 nitrogen and oxygen atoms in total.